The van der Waals surface area contributed by atoms with Gasteiger partial charge in [-0.15, -0.1) is 13.2 Å². The fourth-order valence-corrected chi connectivity index (χ4v) is 4.31. The summed E-state index contributed by atoms with van der Waals surface area (Å²) >= 11 is 0. The second-order valence-corrected chi connectivity index (χ2v) is 7.32. The Morgan fingerprint density at radius 2 is 1.79 bits per heavy atom. The fraction of sp³-hybridized carbons (Fsp3) is 0.812. The Balaban J connectivity index is 1.41. The number of nitrogens with zero attached hydrogens (tertiary/aromatic N) is 3. The molecule has 0 amide bonds. The van der Waals surface area contributed by atoms with Gasteiger partial charge in [-0.2, -0.15) is 5.10 Å². The largest absolute Gasteiger partial charge is 0.522 e. The lowest BCUT2D eigenvalue weighted by molar-refractivity contribution is -0.353. The molecule has 5 nitrogen and oxygen atoms in total. The summed E-state index contributed by atoms with van der Waals surface area (Å²) < 4.78 is 48.1. The van der Waals surface area contributed by atoms with Gasteiger partial charge in [-0.3, -0.25) is 9.42 Å². The first-order valence-corrected chi connectivity index (χ1v) is 8.54. The number of fused-ring (bicyclic) bond motifs is 2. The summed E-state index contributed by atoms with van der Waals surface area (Å²) in [4.78, 5) is 2.40. The van der Waals surface area contributed by atoms with Crippen LogP contribution >= 0.6 is 0 Å². The van der Waals surface area contributed by atoms with E-state index in [4.69, 9.17) is 4.74 Å². The molecule has 3 aliphatic rings. The predicted octanol–water partition coefficient (Wildman–Crippen LogP) is 3.13. The summed E-state index contributed by atoms with van der Waals surface area (Å²) in [6, 6.07) is 0.728. The molecule has 1 aromatic rings. The van der Waals surface area contributed by atoms with Crippen molar-refractivity contribution >= 4 is 5.69 Å². The summed E-state index contributed by atoms with van der Waals surface area (Å²) in [6.45, 7) is 3.75. The molecule has 0 radical (unpaired) electrons. The van der Waals surface area contributed by atoms with E-state index in [0.29, 0.717) is 30.8 Å². The van der Waals surface area contributed by atoms with Crippen molar-refractivity contribution < 1.29 is 22.6 Å². The maximum atomic E-state index is 12.2. The third-order valence-corrected chi connectivity index (χ3v) is 5.39. The molecule has 2 unspecified atom stereocenters. The van der Waals surface area contributed by atoms with Crippen LogP contribution in [0, 0.1) is 5.92 Å². The van der Waals surface area contributed by atoms with Gasteiger partial charge >= 0.3 is 6.36 Å². The van der Waals surface area contributed by atoms with Gasteiger partial charge in [-0.1, -0.05) is 6.92 Å². The zero-order valence-corrected chi connectivity index (χ0v) is 13.6. The highest BCUT2D eigenvalue weighted by atomic mass is 19.4. The van der Waals surface area contributed by atoms with E-state index in [2.05, 4.69) is 21.7 Å². The molecule has 3 fully saturated rings. The summed E-state index contributed by atoms with van der Waals surface area (Å²) in [7, 11) is 0. The monoisotopic (exact) mass is 345 g/mol. The molecule has 3 heterocycles. The molecule has 0 N–H and O–H groups in total. The standard InChI is InChI=1S/C16H22F3N3O2/c1-10-2-12-8-23-9-13(3-10)22(12)14-6-20-21(7-14)11-4-15(5-11)24-16(17,18)19/h6-7,10-13,15H,2-5,8-9H2,1H3/t10?,11?,12-,13?,15?/m0/s1. The molecule has 3 atom stereocenters. The fourth-order valence-electron chi connectivity index (χ4n) is 4.31. The van der Waals surface area contributed by atoms with Gasteiger partial charge in [0.1, 0.15) is 0 Å². The number of rotatable bonds is 3. The van der Waals surface area contributed by atoms with Crippen molar-refractivity contribution in [3.63, 3.8) is 0 Å². The molecule has 24 heavy (non-hydrogen) atoms. The van der Waals surface area contributed by atoms with E-state index in [1.165, 1.54) is 0 Å². The Hall–Kier alpha value is -1.28. The third-order valence-electron chi connectivity index (χ3n) is 5.39. The first-order chi connectivity index (χ1) is 11.4. The molecule has 0 aromatic carbocycles. The minimum Gasteiger partial charge on any atom is -0.377 e. The van der Waals surface area contributed by atoms with Gasteiger partial charge in [0, 0.05) is 6.20 Å². The lowest BCUT2D eigenvalue weighted by Gasteiger charge is -2.48. The lowest BCUT2D eigenvalue weighted by Crippen LogP contribution is -2.56. The lowest BCUT2D eigenvalue weighted by atomic mass is 9.86. The van der Waals surface area contributed by atoms with Gasteiger partial charge in [0.15, 0.2) is 0 Å². The molecular formula is C16H22F3N3O2. The number of alkyl halides is 3. The van der Waals surface area contributed by atoms with Crippen molar-refractivity contribution in [1.82, 2.24) is 9.78 Å². The van der Waals surface area contributed by atoms with Crippen LogP contribution in [0.4, 0.5) is 18.9 Å². The van der Waals surface area contributed by atoms with Gasteiger partial charge < -0.3 is 9.64 Å². The summed E-state index contributed by atoms with van der Waals surface area (Å²) in [6.07, 6.45) is 1.42. The van der Waals surface area contributed by atoms with Gasteiger partial charge in [0.25, 0.3) is 0 Å². The van der Waals surface area contributed by atoms with Crippen LogP contribution in [0.5, 0.6) is 0 Å². The van der Waals surface area contributed by atoms with E-state index in [-0.39, 0.29) is 6.04 Å². The Morgan fingerprint density at radius 3 is 2.42 bits per heavy atom. The van der Waals surface area contributed by atoms with Crippen molar-refractivity contribution in [2.75, 3.05) is 18.1 Å². The molecule has 2 bridgehead atoms. The second kappa shape index (κ2) is 5.91. The number of aromatic nitrogens is 2. The predicted molar refractivity (Wildman–Crippen MR) is 80.7 cm³/mol. The summed E-state index contributed by atoms with van der Waals surface area (Å²) in [5, 5.41) is 4.39. The van der Waals surface area contributed by atoms with Gasteiger partial charge in [0.2, 0.25) is 0 Å². The SMILES string of the molecule is CC1CC2COC[C@H](C1)N2c1cnn(C2CC(OC(F)(F)F)C2)c1. The second-order valence-electron chi connectivity index (χ2n) is 7.32. The van der Waals surface area contributed by atoms with Crippen LogP contribution in [0.1, 0.15) is 38.6 Å². The van der Waals surface area contributed by atoms with Crippen LogP contribution in [0.2, 0.25) is 0 Å². The summed E-state index contributed by atoms with van der Waals surface area (Å²) in [5.41, 5.74) is 1.06. The molecule has 4 rings (SSSR count). The molecule has 134 valence electrons. The van der Waals surface area contributed by atoms with Crippen LogP contribution in [0.25, 0.3) is 0 Å². The number of halogens is 3. The Kier molecular flexibility index (Phi) is 3.99. The topological polar surface area (TPSA) is 39.5 Å². The Labute approximate surface area is 138 Å². The molecular weight excluding hydrogens is 323 g/mol. The normalized spacial score (nSPS) is 36.5. The number of hydrogen-bond donors (Lipinski definition) is 0. The van der Waals surface area contributed by atoms with E-state index >= 15 is 0 Å². The molecule has 1 aromatic heterocycles. The maximum absolute atomic E-state index is 12.2. The number of ether oxygens (including phenoxy) is 2. The number of anilines is 1. The van der Waals surface area contributed by atoms with E-state index in [0.717, 1.165) is 31.7 Å². The average molecular weight is 345 g/mol. The molecule has 2 aliphatic heterocycles. The van der Waals surface area contributed by atoms with Crippen molar-refractivity contribution in [2.24, 2.45) is 5.92 Å². The van der Waals surface area contributed by atoms with Crippen molar-refractivity contribution in [3.8, 4) is 0 Å². The van der Waals surface area contributed by atoms with Gasteiger partial charge in [-0.25, -0.2) is 0 Å². The minimum absolute atomic E-state index is 0.00842. The molecule has 1 saturated carbocycles. The molecule has 1 aliphatic carbocycles. The van der Waals surface area contributed by atoms with Gasteiger partial charge in [0.05, 0.1) is 49.3 Å². The van der Waals surface area contributed by atoms with Crippen molar-refractivity contribution in [3.05, 3.63) is 12.4 Å². The highest BCUT2D eigenvalue weighted by molar-refractivity contribution is 5.46. The summed E-state index contributed by atoms with van der Waals surface area (Å²) in [5.74, 6) is 0.696. The number of piperidine rings is 1. The van der Waals surface area contributed by atoms with Crippen LogP contribution in [0.3, 0.4) is 0 Å². The first-order valence-electron chi connectivity index (χ1n) is 8.54. The van der Waals surface area contributed by atoms with Gasteiger partial charge in [-0.05, 0) is 31.6 Å². The quantitative estimate of drug-likeness (QED) is 0.844. The Morgan fingerprint density at radius 1 is 1.12 bits per heavy atom. The van der Waals surface area contributed by atoms with Crippen LogP contribution in [-0.4, -0.2) is 47.5 Å². The van der Waals surface area contributed by atoms with E-state index < -0.39 is 12.5 Å². The molecule has 8 heteroatoms. The van der Waals surface area contributed by atoms with E-state index in [1.807, 2.05) is 12.4 Å². The maximum Gasteiger partial charge on any atom is 0.522 e. The third kappa shape index (κ3) is 3.13. The van der Waals surface area contributed by atoms with Crippen LogP contribution in [-0.2, 0) is 9.47 Å². The smallest absolute Gasteiger partial charge is 0.377 e. The van der Waals surface area contributed by atoms with Crippen molar-refractivity contribution in [2.45, 2.75) is 63.2 Å². The molecule has 0 spiro atoms. The van der Waals surface area contributed by atoms with Crippen LogP contribution in [0.15, 0.2) is 12.4 Å². The van der Waals surface area contributed by atoms with E-state index in [9.17, 15) is 13.2 Å². The van der Waals surface area contributed by atoms with Crippen molar-refractivity contribution in [1.29, 1.82) is 0 Å². The molecule has 2 saturated heterocycles. The number of morpholine rings is 1. The highest BCUT2D eigenvalue weighted by Gasteiger charge is 2.42. The zero-order valence-electron chi connectivity index (χ0n) is 13.6. The van der Waals surface area contributed by atoms with Crippen LogP contribution < -0.4 is 4.90 Å². The highest BCUT2D eigenvalue weighted by Crippen LogP contribution is 2.40. The number of hydrogen-bond acceptors (Lipinski definition) is 4. The minimum atomic E-state index is -4.55. The average Bonchev–Trinajstić information content (AvgIpc) is 2.89. The zero-order chi connectivity index (χ0) is 16.9. The van der Waals surface area contributed by atoms with E-state index in [1.54, 1.807) is 4.68 Å². The Bertz CT molecular complexity index is 571. The first kappa shape index (κ1) is 16.2.